The summed E-state index contributed by atoms with van der Waals surface area (Å²) in [5.74, 6) is -1.73. The number of carboxylic acids is 2. The van der Waals surface area contributed by atoms with E-state index in [-0.39, 0.29) is 17.0 Å². The van der Waals surface area contributed by atoms with Crippen LogP contribution in [-0.2, 0) is 0 Å². The number of carboxylic acid groups (broad SMARTS) is 2. The fourth-order valence-corrected chi connectivity index (χ4v) is 2.84. The lowest BCUT2D eigenvalue weighted by Gasteiger charge is -2.18. The van der Waals surface area contributed by atoms with Gasteiger partial charge in [0, 0.05) is 5.92 Å². The van der Waals surface area contributed by atoms with E-state index >= 15 is 0 Å². The van der Waals surface area contributed by atoms with Crippen LogP contribution in [0.3, 0.4) is 0 Å². The van der Waals surface area contributed by atoms with Gasteiger partial charge in [-0.25, -0.2) is 9.59 Å². The van der Waals surface area contributed by atoms with Gasteiger partial charge in [-0.05, 0) is 41.8 Å². The van der Waals surface area contributed by atoms with Crippen LogP contribution in [0.2, 0.25) is 0 Å². The summed E-state index contributed by atoms with van der Waals surface area (Å²) in [4.78, 5) is 22.0. The molecule has 4 heteroatoms. The molecule has 0 aliphatic carbocycles. The van der Waals surface area contributed by atoms with Gasteiger partial charge in [-0.1, -0.05) is 50.5 Å². The minimum Gasteiger partial charge on any atom is -0.478 e. The van der Waals surface area contributed by atoms with Gasteiger partial charge in [0.2, 0.25) is 0 Å². The second-order valence-corrected chi connectivity index (χ2v) is 5.90. The van der Waals surface area contributed by atoms with E-state index < -0.39 is 11.9 Å². The molecule has 0 amide bonds. The Bertz CT molecular complexity index is 629. The summed E-state index contributed by atoms with van der Waals surface area (Å²) in [6.07, 6.45) is 4.29. The Balaban J connectivity index is 2.29. The van der Waals surface area contributed by atoms with Crippen LogP contribution >= 0.6 is 0 Å². The normalized spacial score (nSPS) is 10.8. The van der Waals surface area contributed by atoms with Crippen molar-refractivity contribution in [2.45, 2.75) is 38.5 Å². The zero-order valence-electron chi connectivity index (χ0n) is 13.7. The number of hydrogen-bond acceptors (Lipinski definition) is 2. The third-order valence-corrected chi connectivity index (χ3v) is 4.22. The van der Waals surface area contributed by atoms with Gasteiger partial charge in [0.25, 0.3) is 0 Å². The van der Waals surface area contributed by atoms with Crippen molar-refractivity contribution in [2.24, 2.45) is 0 Å². The van der Waals surface area contributed by atoms with E-state index in [0.717, 1.165) is 36.8 Å². The van der Waals surface area contributed by atoms with Crippen LogP contribution in [0.4, 0.5) is 0 Å². The Hall–Kier alpha value is -2.62. The highest BCUT2D eigenvalue weighted by molar-refractivity contribution is 5.88. The van der Waals surface area contributed by atoms with Crippen LogP contribution in [0.5, 0.6) is 0 Å². The Morgan fingerprint density at radius 1 is 0.792 bits per heavy atom. The summed E-state index contributed by atoms with van der Waals surface area (Å²) >= 11 is 0. The highest BCUT2D eigenvalue weighted by atomic mass is 16.4. The van der Waals surface area contributed by atoms with Crippen molar-refractivity contribution in [3.63, 3.8) is 0 Å². The smallest absolute Gasteiger partial charge is 0.335 e. The van der Waals surface area contributed by atoms with E-state index in [0.29, 0.717) is 0 Å². The van der Waals surface area contributed by atoms with Crippen molar-refractivity contribution in [3.8, 4) is 0 Å². The second-order valence-electron chi connectivity index (χ2n) is 5.90. The fraction of sp³-hybridized carbons (Fsp3) is 0.300. The van der Waals surface area contributed by atoms with E-state index in [2.05, 4.69) is 6.92 Å². The van der Waals surface area contributed by atoms with Gasteiger partial charge >= 0.3 is 11.9 Å². The number of benzene rings is 2. The monoisotopic (exact) mass is 326 g/mol. The predicted molar refractivity (Wildman–Crippen MR) is 92.8 cm³/mol. The molecule has 0 saturated heterocycles. The molecule has 2 aromatic carbocycles. The Labute approximate surface area is 141 Å². The maximum Gasteiger partial charge on any atom is 0.335 e. The third kappa shape index (κ3) is 4.44. The molecule has 0 bridgehead atoms. The van der Waals surface area contributed by atoms with Crippen LogP contribution in [0.15, 0.2) is 48.5 Å². The van der Waals surface area contributed by atoms with Crippen molar-refractivity contribution in [1.29, 1.82) is 0 Å². The van der Waals surface area contributed by atoms with Crippen LogP contribution in [0, 0.1) is 0 Å². The summed E-state index contributed by atoms with van der Waals surface area (Å²) in [5.41, 5.74) is 2.65. The summed E-state index contributed by atoms with van der Waals surface area (Å²) in [6.45, 7) is 2.15. The topological polar surface area (TPSA) is 74.6 Å². The van der Waals surface area contributed by atoms with Crippen LogP contribution < -0.4 is 0 Å². The van der Waals surface area contributed by atoms with E-state index in [4.69, 9.17) is 10.2 Å². The molecule has 0 unspecified atom stereocenters. The van der Waals surface area contributed by atoms with E-state index in [1.807, 2.05) is 24.3 Å². The zero-order valence-corrected chi connectivity index (χ0v) is 13.7. The second kappa shape index (κ2) is 8.29. The van der Waals surface area contributed by atoms with Crippen LogP contribution in [-0.4, -0.2) is 22.2 Å². The van der Waals surface area contributed by atoms with Gasteiger partial charge in [-0.2, -0.15) is 0 Å². The average Bonchev–Trinajstić information content (AvgIpc) is 2.59. The fourth-order valence-electron chi connectivity index (χ4n) is 2.84. The summed E-state index contributed by atoms with van der Waals surface area (Å²) in [6, 6.07) is 13.9. The lowest BCUT2D eigenvalue weighted by Crippen LogP contribution is -2.04. The van der Waals surface area contributed by atoms with Gasteiger partial charge in [0.1, 0.15) is 0 Å². The maximum atomic E-state index is 11.0. The molecule has 0 saturated carbocycles. The average molecular weight is 326 g/mol. The standard InChI is InChI=1S/C20H22O4/c1-2-3-4-5-18(14-6-10-16(11-7-14)19(21)22)15-8-12-17(13-9-15)20(23)24/h6-13,18H,2-5H2,1H3,(H,21,22)(H,23,24). The molecule has 0 aliphatic heterocycles. The molecular formula is C20H22O4. The van der Waals surface area contributed by atoms with E-state index in [1.165, 1.54) is 0 Å². The van der Waals surface area contributed by atoms with Gasteiger partial charge in [-0.3, -0.25) is 0 Å². The SMILES string of the molecule is CCCCCC(c1ccc(C(=O)O)cc1)c1ccc(C(=O)O)cc1. The highest BCUT2D eigenvalue weighted by Crippen LogP contribution is 2.30. The third-order valence-electron chi connectivity index (χ3n) is 4.22. The van der Waals surface area contributed by atoms with Gasteiger partial charge in [-0.15, -0.1) is 0 Å². The first-order valence-corrected chi connectivity index (χ1v) is 8.19. The number of unbranched alkanes of at least 4 members (excludes halogenated alkanes) is 2. The predicted octanol–water partition coefficient (Wildman–Crippen LogP) is 4.80. The molecule has 0 spiro atoms. The number of rotatable bonds is 8. The molecule has 0 atom stereocenters. The van der Waals surface area contributed by atoms with Gasteiger partial charge in [0.05, 0.1) is 11.1 Å². The molecule has 0 aromatic heterocycles. The van der Waals surface area contributed by atoms with Crippen molar-refractivity contribution in [1.82, 2.24) is 0 Å². The molecule has 126 valence electrons. The minimum absolute atomic E-state index is 0.141. The molecular weight excluding hydrogens is 304 g/mol. The van der Waals surface area contributed by atoms with Crippen molar-refractivity contribution in [3.05, 3.63) is 70.8 Å². The molecule has 0 heterocycles. The van der Waals surface area contributed by atoms with E-state index in [9.17, 15) is 9.59 Å². The van der Waals surface area contributed by atoms with Crippen LogP contribution in [0.1, 0.15) is 70.4 Å². The van der Waals surface area contributed by atoms with Gasteiger partial charge in [0.15, 0.2) is 0 Å². The summed E-state index contributed by atoms with van der Waals surface area (Å²) < 4.78 is 0. The first kappa shape index (κ1) is 17.7. The van der Waals surface area contributed by atoms with Crippen LogP contribution in [0.25, 0.3) is 0 Å². The highest BCUT2D eigenvalue weighted by Gasteiger charge is 2.15. The molecule has 2 aromatic rings. The molecule has 2 rings (SSSR count). The lowest BCUT2D eigenvalue weighted by atomic mass is 9.86. The largest absolute Gasteiger partial charge is 0.478 e. The molecule has 24 heavy (non-hydrogen) atoms. The quantitative estimate of drug-likeness (QED) is 0.684. The molecule has 0 aliphatic rings. The van der Waals surface area contributed by atoms with Crippen molar-refractivity contribution in [2.75, 3.05) is 0 Å². The maximum absolute atomic E-state index is 11.0. The number of hydrogen-bond donors (Lipinski definition) is 2. The Morgan fingerprint density at radius 2 is 1.21 bits per heavy atom. The molecule has 0 radical (unpaired) electrons. The van der Waals surface area contributed by atoms with E-state index in [1.54, 1.807) is 24.3 Å². The Kier molecular flexibility index (Phi) is 6.13. The number of aromatic carboxylic acids is 2. The minimum atomic E-state index is -0.935. The zero-order chi connectivity index (χ0) is 17.5. The Morgan fingerprint density at radius 3 is 1.54 bits per heavy atom. The summed E-state index contributed by atoms with van der Waals surface area (Å²) in [5, 5.41) is 18.1. The number of carbonyl (C=O) groups is 2. The summed E-state index contributed by atoms with van der Waals surface area (Å²) in [7, 11) is 0. The van der Waals surface area contributed by atoms with Gasteiger partial charge < -0.3 is 10.2 Å². The first-order chi connectivity index (χ1) is 11.5. The lowest BCUT2D eigenvalue weighted by molar-refractivity contribution is 0.0686. The van der Waals surface area contributed by atoms with Crippen molar-refractivity contribution < 1.29 is 19.8 Å². The molecule has 0 fully saturated rings. The first-order valence-electron chi connectivity index (χ1n) is 8.19. The molecule has 2 N–H and O–H groups in total. The molecule has 4 nitrogen and oxygen atoms in total. The van der Waals surface area contributed by atoms with Crippen molar-refractivity contribution >= 4 is 11.9 Å².